The number of nitrogens with one attached hydrogen (secondary N) is 1. The predicted molar refractivity (Wildman–Crippen MR) is 80.7 cm³/mol. The summed E-state index contributed by atoms with van der Waals surface area (Å²) in [4.78, 5) is 0. The molecule has 0 aliphatic heterocycles. The first-order valence-corrected chi connectivity index (χ1v) is 6.36. The fourth-order valence-electron chi connectivity index (χ4n) is 1.78. The third kappa shape index (κ3) is 4.13. The van der Waals surface area contributed by atoms with Crippen LogP contribution in [0.4, 0.5) is 0 Å². The highest BCUT2D eigenvalue weighted by atomic mass is 14.9. The van der Waals surface area contributed by atoms with Gasteiger partial charge in [-0.3, -0.25) is 5.32 Å². The SMILES string of the molecule is C=CCNC(C#Cc1ccccc1)c1ccccc1. The molecule has 1 atom stereocenters. The van der Waals surface area contributed by atoms with E-state index in [0.29, 0.717) is 0 Å². The van der Waals surface area contributed by atoms with E-state index in [-0.39, 0.29) is 6.04 Å². The Morgan fingerprint density at radius 2 is 1.63 bits per heavy atom. The van der Waals surface area contributed by atoms with Crippen LogP contribution >= 0.6 is 0 Å². The third-order valence-corrected chi connectivity index (χ3v) is 2.73. The van der Waals surface area contributed by atoms with E-state index in [1.54, 1.807) is 0 Å². The average Bonchev–Trinajstić information content (AvgIpc) is 2.49. The molecular formula is C18H17N. The van der Waals surface area contributed by atoms with E-state index >= 15 is 0 Å². The van der Waals surface area contributed by atoms with Crippen LogP contribution in [-0.2, 0) is 0 Å². The molecule has 0 aromatic heterocycles. The Morgan fingerprint density at radius 1 is 1.00 bits per heavy atom. The highest BCUT2D eigenvalue weighted by Crippen LogP contribution is 2.11. The number of rotatable bonds is 4. The second-order valence-corrected chi connectivity index (χ2v) is 4.18. The van der Waals surface area contributed by atoms with E-state index in [0.717, 1.165) is 12.1 Å². The molecule has 1 unspecified atom stereocenters. The molecule has 94 valence electrons. The minimum atomic E-state index is 0.0272. The second-order valence-electron chi connectivity index (χ2n) is 4.18. The minimum absolute atomic E-state index is 0.0272. The second kappa shape index (κ2) is 7.20. The van der Waals surface area contributed by atoms with Gasteiger partial charge >= 0.3 is 0 Å². The van der Waals surface area contributed by atoms with E-state index in [1.807, 2.05) is 54.6 Å². The molecule has 0 aliphatic carbocycles. The first kappa shape index (κ1) is 13.1. The van der Waals surface area contributed by atoms with Crippen molar-refractivity contribution < 1.29 is 0 Å². The fourth-order valence-corrected chi connectivity index (χ4v) is 1.78. The van der Waals surface area contributed by atoms with Gasteiger partial charge in [0.1, 0.15) is 0 Å². The number of hydrogen-bond acceptors (Lipinski definition) is 1. The van der Waals surface area contributed by atoms with E-state index in [9.17, 15) is 0 Å². The standard InChI is InChI=1S/C18H17N/c1-2-15-19-18(17-11-7-4-8-12-17)14-13-16-9-5-3-6-10-16/h2-12,18-19H,1,15H2. The van der Waals surface area contributed by atoms with Crippen molar-refractivity contribution in [3.05, 3.63) is 84.4 Å². The molecule has 2 aromatic rings. The topological polar surface area (TPSA) is 12.0 Å². The van der Waals surface area contributed by atoms with Crippen molar-refractivity contribution in [2.45, 2.75) is 6.04 Å². The van der Waals surface area contributed by atoms with Gasteiger partial charge in [0.05, 0.1) is 6.04 Å². The molecule has 1 nitrogen and oxygen atoms in total. The summed E-state index contributed by atoms with van der Waals surface area (Å²) in [7, 11) is 0. The van der Waals surface area contributed by atoms with Gasteiger partial charge in [-0.25, -0.2) is 0 Å². The van der Waals surface area contributed by atoms with Crippen LogP contribution in [0.1, 0.15) is 17.2 Å². The van der Waals surface area contributed by atoms with Crippen molar-refractivity contribution in [1.29, 1.82) is 0 Å². The highest BCUT2D eigenvalue weighted by Gasteiger charge is 2.05. The van der Waals surface area contributed by atoms with Crippen LogP contribution in [0.3, 0.4) is 0 Å². The zero-order valence-electron chi connectivity index (χ0n) is 10.8. The van der Waals surface area contributed by atoms with Crippen LogP contribution in [-0.4, -0.2) is 6.54 Å². The molecule has 0 aliphatic rings. The molecule has 1 heteroatoms. The van der Waals surface area contributed by atoms with Crippen LogP contribution < -0.4 is 5.32 Å². The summed E-state index contributed by atoms with van der Waals surface area (Å²) in [6.07, 6.45) is 1.85. The summed E-state index contributed by atoms with van der Waals surface area (Å²) in [6.45, 7) is 4.47. The largest absolute Gasteiger partial charge is 0.296 e. The van der Waals surface area contributed by atoms with Gasteiger partial charge in [-0.2, -0.15) is 0 Å². The van der Waals surface area contributed by atoms with E-state index in [2.05, 4.69) is 35.9 Å². The molecule has 2 rings (SSSR count). The van der Waals surface area contributed by atoms with Crippen LogP contribution in [0.15, 0.2) is 73.3 Å². The van der Waals surface area contributed by atoms with Crippen LogP contribution in [0.5, 0.6) is 0 Å². The minimum Gasteiger partial charge on any atom is -0.296 e. The van der Waals surface area contributed by atoms with Crippen molar-refractivity contribution in [2.24, 2.45) is 0 Å². The first-order chi connectivity index (χ1) is 9.40. The molecule has 0 saturated carbocycles. The Bertz CT molecular complexity index is 561. The van der Waals surface area contributed by atoms with Crippen molar-refractivity contribution in [1.82, 2.24) is 5.32 Å². The van der Waals surface area contributed by atoms with E-state index in [1.165, 1.54) is 5.56 Å². The number of hydrogen-bond donors (Lipinski definition) is 1. The summed E-state index contributed by atoms with van der Waals surface area (Å²) in [6, 6.07) is 20.3. The zero-order chi connectivity index (χ0) is 13.3. The Hall–Kier alpha value is -2.30. The Morgan fingerprint density at radius 3 is 2.26 bits per heavy atom. The highest BCUT2D eigenvalue weighted by molar-refractivity contribution is 5.37. The van der Waals surface area contributed by atoms with E-state index in [4.69, 9.17) is 0 Å². The monoisotopic (exact) mass is 247 g/mol. The van der Waals surface area contributed by atoms with Gasteiger partial charge in [0.15, 0.2) is 0 Å². The molecular weight excluding hydrogens is 230 g/mol. The Labute approximate surface area is 115 Å². The molecule has 1 N–H and O–H groups in total. The summed E-state index contributed by atoms with van der Waals surface area (Å²) in [5.41, 5.74) is 2.21. The van der Waals surface area contributed by atoms with Crippen molar-refractivity contribution in [3.63, 3.8) is 0 Å². The molecule has 0 heterocycles. The maximum atomic E-state index is 3.73. The normalized spacial score (nSPS) is 11.2. The lowest BCUT2D eigenvalue weighted by Gasteiger charge is -2.11. The maximum absolute atomic E-state index is 3.73. The summed E-state index contributed by atoms with van der Waals surface area (Å²) in [5.74, 6) is 6.48. The number of benzene rings is 2. The van der Waals surface area contributed by atoms with Gasteiger partial charge in [0, 0.05) is 12.1 Å². The van der Waals surface area contributed by atoms with Crippen molar-refractivity contribution in [2.75, 3.05) is 6.54 Å². The lowest BCUT2D eigenvalue weighted by molar-refractivity contribution is 0.691. The molecule has 0 spiro atoms. The molecule has 0 saturated heterocycles. The molecule has 0 amide bonds. The lowest BCUT2D eigenvalue weighted by atomic mass is 10.1. The van der Waals surface area contributed by atoms with Crippen LogP contribution in [0.2, 0.25) is 0 Å². The van der Waals surface area contributed by atoms with E-state index < -0.39 is 0 Å². The van der Waals surface area contributed by atoms with Gasteiger partial charge in [0.2, 0.25) is 0 Å². The Kier molecular flexibility index (Phi) is 4.98. The molecule has 19 heavy (non-hydrogen) atoms. The third-order valence-electron chi connectivity index (χ3n) is 2.73. The molecule has 0 radical (unpaired) electrons. The lowest BCUT2D eigenvalue weighted by Crippen LogP contribution is -2.19. The average molecular weight is 247 g/mol. The Balaban J connectivity index is 2.20. The van der Waals surface area contributed by atoms with Gasteiger partial charge in [0.25, 0.3) is 0 Å². The summed E-state index contributed by atoms with van der Waals surface area (Å²) >= 11 is 0. The summed E-state index contributed by atoms with van der Waals surface area (Å²) < 4.78 is 0. The molecule has 0 bridgehead atoms. The van der Waals surface area contributed by atoms with Crippen molar-refractivity contribution in [3.8, 4) is 11.8 Å². The predicted octanol–water partition coefficient (Wildman–Crippen LogP) is 3.56. The summed E-state index contributed by atoms with van der Waals surface area (Å²) in [5, 5.41) is 3.36. The fraction of sp³-hybridized carbons (Fsp3) is 0.111. The maximum Gasteiger partial charge on any atom is 0.0952 e. The van der Waals surface area contributed by atoms with Crippen LogP contribution in [0, 0.1) is 11.8 Å². The molecule has 2 aromatic carbocycles. The smallest absolute Gasteiger partial charge is 0.0952 e. The van der Waals surface area contributed by atoms with Gasteiger partial charge < -0.3 is 0 Å². The van der Waals surface area contributed by atoms with Crippen LogP contribution in [0.25, 0.3) is 0 Å². The van der Waals surface area contributed by atoms with Gasteiger partial charge in [-0.05, 0) is 17.7 Å². The zero-order valence-corrected chi connectivity index (χ0v) is 10.8. The molecule has 0 fully saturated rings. The quantitative estimate of drug-likeness (QED) is 0.643. The van der Waals surface area contributed by atoms with Gasteiger partial charge in [-0.15, -0.1) is 6.58 Å². The van der Waals surface area contributed by atoms with Crippen molar-refractivity contribution >= 4 is 0 Å². The first-order valence-electron chi connectivity index (χ1n) is 6.36. The van der Waals surface area contributed by atoms with Gasteiger partial charge in [-0.1, -0.05) is 66.4 Å².